The van der Waals surface area contributed by atoms with E-state index < -0.39 is 6.10 Å². The first-order valence-electron chi connectivity index (χ1n) is 7.89. The zero-order valence-corrected chi connectivity index (χ0v) is 13.2. The first kappa shape index (κ1) is 16.5. The molecule has 3 heteroatoms. The van der Waals surface area contributed by atoms with Crippen LogP contribution >= 0.6 is 0 Å². The van der Waals surface area contributed by atoms with E-state index in [9.17, 15) is 5.11 Å². The van der Waals surface area contributed by atoms with Gasteiger partial charge in [-0.15, -0.1) is 0 Å². The van der Waals surface area contributed by atoms with Gasteiger partial charge >= 0.3 is 0 Å². The molecule has 1 aliphatic carbocycles. The summed E-state index contributed by atoms with van der Waals surface area (Å²) in [6.45, 7) is 3.18. The fourth-order valence-electron chi connectivity index (χ4n) is 2.38. The van der Waals surface area contributed by atoms with Crippen molar-refractivity contribution in [2.75, 3.05) is 13.2 Å². The largest absolute Gasteiger partial charge is 0.489 e. The predicted octanol–water partition coefficient (Wildman–Crippen LogP) is 3.67. The molecule has 1 aliphatic rings. The number of aliphatic hydroxyl groups excluding tert-OH is 1. The Kier molecular flexibility index (Phi) is 6.44. The molecular formula is C19H25NO2. The maximum absolute atomic E-state index is 9.99. The number of hydrogen-bond acceptors (Lipinski definition) is 3. The van der Waals surface area contributed by atoms with Crippen LogP contribution in [0.3, 0.4) is 0 Å². The van der Waals surface area contributed by atoms with E-state index in [4.69, 9.17) is 10.5 Å². The molecule has 0 fully saturated rings. The third-order valence-corrected chi connectivity index (χ3v) is 3.81. The minimum Gasteiger partial charge on any atom is -0.489 e. The molecule has 0 radical (unpaired) electrons. The number of hydrogen-bond donors (Lipinski definition) is 2. The quantitative estimate of drug-likeness (QED) is 0.807. The molecule has 0 saturated carbocycles. The Morgan fingerprint density at radius 2 is 2.23 bits per heavy atom. The van der Waals surface area contributed by atoms with E-state index in [-0.39, 0.29) is 0 Å². The van der Waals surface area contributed by atoms with Crippen molar-refractivity contribution in [3.05, 3.63) is 65.3 Å². The number of allylic oxidation sites excluding steroid dienone is 4. The van der Waals surface area contributed by atoms with Crippen molar-refractivity contribution in [3.8, 4) is 5.75 Å². The highest BCUT2D eigenvalue weighted by Gasteiger charge is 2.07. The van der Waals surface area contributed by atoms with Gasteiger partial charge in [0.05, 0.1) is 6.10 Å². The normalized spacial score (nSPS) is 15.8. The van der Waals surface area contributed by atoms with E-state index in [2.05, 4.69) is 31.2 Å². The molecule has 0 aromatic heterocycles. The molecule has 1 aromatic carbocycles. The van der Waals surface area contributed by atoms with Crippen LogP contribution in [0.15, 0.2) is 59.7 Å². The number of aliphatic hydroxyl groups is 1. The van der Waals surface area contributed by atoms with Gasteiger partial charge in [0.2, 0.25) is 0 Å². The van der Waals surface area contributed by atoms with Gasteiger partial charge in [-0.05, 0) is 49.1 Å². The molecule has 1 aromatic rings. The Morgan fingerprint density at radius 3 is 3.00 bits per heavy atom. The Bertz CT molecular complexity index is 573. The summed E-state index contributed by atoms with van der Waals surface area (Å²) in [5.41, 5.74) is 8.94. The second-order valence-corrected chi connectivity index (χ2v) is 5.48. The molecule has 22 heavy (non-hydrogen) atoms. The molecule has 0 amide bonds. The summed E-state index contributed by atoms with van der Waals surface area (Å²) in [7, 11) is 0. The summed E-state index contributed by atoms with van der Waals surface area (Å²) in [4.78, 5) is 0. The fraction of sp³-hybridized carbons (Fsp3) is 0.368. The second-order valence-electron chi connectivity index (χ2n) is 5.48. The van der Waals surface area contributed by atoms with E-state index >= 15 is 0 Å². The van der Waals surface area contributed by atoms with Gasteiger partial charge in [0.25, 0.3) is 0 Å². The summed E-state index contributed by atoms with van der Waals surface area (Å²) in [6.07, 6.45) is 10.7. The molecule has 0 saturated heterocycles. The minimum atomic E-state index is -0.526. The molecule has 2 rings (SSSR count). The van der Waals surface area contributed by atoms with Gasteiger partial charge in [-0.2, -0.15) is 0 Å². The highest BCUT2D eigenvalue weighted by molar-refractivity contribution is 5.33. The van der Waals surface area contributed by atoms with Crippen LogP contribution in [0, 0.1) is 0 Å². The van der Waals surface area contributed by atoms with Crippen molar-refractivity contribution in [3.63, 3.8) is 0 Å². The fourth-order valence-corrected chi connectivity index (χ4v) is 2.38. The summed E-state index contributed by atoms with van der Waals surface area (Å²) in [5, 5.41) is 9.99. The average Bonchev–Trinajstić information content (AvgIpc) is 2.78. The van der Waals surface area contributed by atoms with Crippen molar-refractivity contribution in [2.24, 2.45) is 5.73 Å². The third-order valence-electron chi connectivity index (χ3n) is 3.81. The van der Waals surface area contributed by atoms with Gasteiger partial charge in [0.15, 0.2) is 0 Å². The first-order valence-corrected chi connectivity index (χ1v) is 7.89. The Labute approximate surface area is 132 Å². The van der Waals surface area contributed by atoms with Crippen LogP contribution in [0.2, 0.25) is 0 Å². The van der Waals surface area contributed by atoms with Crippen LogP contribution in [0.5, 0.6) is 5.75 Å². The molecule has 3 nitrogen and oxygen atoms in total. The molecule has 0 heterocycles. The standard InChI is InChI=1S/C19H25NO2/c1-2-15-5-3-6-16(10-9-15)14-22-18-8-4-7-17(13-18)19(21)11-12-20/h3-8,10,13,19,21H,2,9,11-12,14,20H2,1H3. The Hall–Kier alpha value is -1.84. The lowest BCUT2D eigenvalue weighted by atomic mass is 10.1. The molecule has 1 unspecified atom stereocenters. The van der Waals surface area contributed by atoms with Gasteiger partial charge in [0.1, 0.15) is 12.4 Å². The maximum atomic E-state index is 9.99. The molecule has 3 N–H and O–H groups in total. The molecule has 118 valence electrons. The summed E-state index contributed by atoms with van der Waals surface area (Å²) in [5.74, 6) is 0.774. The lowest BCUT2D eigenvalue weighted by molar-refractivity contribution is 0.170. The molecule has 0 aliphatic heterocycles. The van der Waals surface area contributed by atoms with E-state index in [0.29, 0.717) is 19.6 Å². The molecule has 0 bridgehead atoms. The van der Waals surface area contributed by atoms with Crippen molar-refractivity contribution in [1.29, 1.82) is 0 Å². The van der Waals surface area contributed by atoms with Crippen molar-refractivity contribution in [1.82, 2.24) is 0 Å². The number of rotatable bonds is 7. The van der Waals surface area contributed by atoms with Gasteiger partial charge < -0.3 is 15.6 Å². The van der Waals surface area contributed by atoms with Crippen LogP contribution < -0.4 is 10.5 Å². The predicted molar refractivity (Wildman–Crippen MR) is 90.8 cm³/mol. The third kappa shape index (κ3) is 4.86. The van der Waals surface area contributed by atoms with Gasteiger partial charge in [-0.1, -0.05) is 48.9 Å². The summed E-state index contributed by atoms with van der Waals surface area (Å²) < 4.78 is 5.85. The number of ether oxygens (including phenoxy) is 1. The van der Waals surface area contributed by atoms with Crippen molar-refractivity contribution < 1.29 is 9.84 Å². The number of benzene rings is 1. The van der Waals surface area contributed by atoms with Gasteiger partial charge in [-0.3, -0.25) is 0 Å². The number of nitrogens with two attached hydrogens (primary N) is 1. The van der Waals surface area contributed by atoms with Crippen molar-refractivity contribution in [2.45, 2.75) is 32.3 Å². The van der Waals surface area contributed by atoms with Crippen molar-refractivity contribution >= 4 is 0 Å². The maximum Gasteiger partial charge on any atom is 0.120 e. The molecular weight excluding hydrogens is 274 g/mol. The molecule has 0 spiro atoms. The Balaban J connectivity index is 1.95. The van der Waals surface area contributed by atoms with E-state index in [1.807, 2.05) is 24.3 Å². The minimum absolute atomic E-state index is 0.469. The first-order chi connectivity index (χ1) is 10.7. The van der Waals surface area contributed by atoms with E-state index in [0.717, 1.165) is 24.2 Å². The smallest absolute Gasteiger partial charge is 0.120 e. The van der Waals surface area contributed by atoms with Crippen LogP contribution in [0.4, 0.5) is 0 Å². The summed E-state index contributed by atoms with van der Waals surface area (Å²) in [6, 6.07) is 7.60. The topological polar surface area (TPSA) is 55.5 Å². The van der Waals surface area contributed by atoms with E-state index in [1.165, 1.54) is 11.1 Å². The highest BCUT2D eigenvalue weighted by Crippen LogP contribution is 2.22. The lowest BCUT2D eigenvalue weighted by Gasteiger charge is -2.12. The second kappa shape index (κ2) is 8.57. The van der Waals surface area contributed by atoms with Crippen LogP contribution in [0.25, 0.3) is 0 Å². The van der Waals surface area contributed by atoms with Gasteiger partial charge in [0, 0.05) is 0 Å². The van der Waals surface area contributed by atoms with Crippen LogP contribution in [-0.4, -0.2) is 18.3 Å². The van der Waals surface area contributed by atoms with E-state index in [1.54, 1.807) is 0 Å². The average molecular weight is 299 g/mol. The van der Waals surface area contributed by atoms with Crippen LogP contribution in [-0.2, 0) is 0 Å². The monoisotopic (exact) mass is 299 g/mol. The zero-order chi connectivity index (χ0) is 15.8. The summed E-state index contributed by atoms with van der Waals surface area (Å²) >= 11 is 0. The molecule has 1 atom stereocenters. The highest BCUT2D eigenvalue weighted by atomic mass is 16.5. The van der Waals surface area contributed by atoms with Crippen LogP contribution in [0.1, 0.15) is 37.9 Å². The SMILES string of the molecule is CCC1=CC=CC(COc2cccc(C(O)CCN)c2)=CC1. The zero-order valence-electron chi connectivity index (χ0n) is 13.2. The van der Waals surface area contributed by atoms with Gasteiger partial charge in [-0.25, -0.2) is 0 Å². The lowest BCUT2D eigenvalue weighted by Crippen LogP contribution is -2.07. The Morgan fingerprint density at radius 1 is 1.36 bits per heavy atom.